The smallest absolute Gasteiger partial charge is 0.152 e. The van der Waals surface area contributed by atoms with Crippen molar-refractivity contribution >= 4 is 39.7 Å². The van der Waals surface area contributed by atoms with Crippen LogP contribution < -0.4 is 5.73 Å². The van der Waals surface area contributed by atoms with Gasteiger partial charge in [0.25, 0.3) is 0 Å². The molecule has 0 spiro atoms. The molecule has 2 aromatic heterocycles. The molecular formula is C15H17N5S. The average Bonchev–Trinajstić information content (AvgIpc) is 2.73. The molecule has 0 saturated carbocycles. The molecule has 21 heavy (non-hydrogen) atoms. The van der Waals surface area contributed by atoms with E-state index in [-0.39, 0.29) is 0 Å². The van der Waals surface area contributed by atoms with E-state index >= 15 is 0 Å². The molecule has 3 heterocycles. The Balaban J connectivity index is 2.05. The van der Waals surface area contributed by atoms with Crippen molar-refractivity contribution in [2.24, 2.45) is 0 Å². The van der Waals surface area contributed by atoms with Gasteiger partial charge in [-0.3, -0.25) is 0 Å². The van der Waals surface area contributed by atoms with Crippen molar-refractivity contribution in [2.75, 3.05) is 18.5 Å². The lowest BCUT2D eigenvalue weighted by molar-refractivity contribution is 0.468. The second kappa shape index (κ2) is 4.89. The Morgan fingerprint density at radius 1 is 1.19 bits per heavy atom. The Bertz CT molecular complexity index is 826. The van der Waals surface area contributed by atoms with Gasteiger partial charge in [-0.05, 0) is 18.7 Å². The lowest BCUT2D eigenvalue weighted by Crippen LogP contribution is -2.14. The summed E-state index contributed by atoms with van der Waals surface area (Å²) in [7, 11) is 0. The summed E-state index contributed by atoms with van der Waals surface area (Å²) in [6.07, 6.45) is 3.24. The molecule has 3 aromatic rings. The van der Waals surface area contributed by atoms with Crippen LogP contribution in [-0.4, -0.2) is 31.6 Å². The number of hydrogen-bond acceptors (Lipinski definition) is 5. The molecule has 4 rings (SSSR count). The van der Waals surface area contributed by atoms with Crippen LogP contribution in [0.2, 0.25) is 0 Å². The van der Waals surface area contributed by atoms with E-state index in [4.69, 9.17) is 10.7 Å². The fraction of sp³-hybridized carbons (Fsp3) is 0.333. The summed E-state index contributed by atoms with van der Waals surface area (Å²) in [5.41, 5.74) is 9.05. The van der Waals surface area contributed by atoms with Gasteiger partial charge < -0.3 is 10.3 Å². The Morgan fingerprint density at radius 3 is 2.90 bits per heavy atom. The number of benzene rings is 1. The van der Waals surface area contributed by atoms with E-state index in [0.29, 0.717) is 5.82 Å². The minimum absolute atomic E-state index is 0.528. The van der Waals surface area contributed by atoms with E-state index in [1.807, 2.05) is 18.2 Å². The maximum absolute atomic E-state index is 6.13. The number of hydrogen-bond donors (Lipinski definition) is 1. The first-order valence-corrected chi connectivity index (χ1v) is 8.28. The quantitative estimate of drug-likeness (QED) is 0.700. The molecule has 0 bridgehead atoms. The number of nitrogens with two attached hydrogens (primary N) is 1. The molecule has 0 unspecified atom stereocenters. The van der Waals surface area contributed by atoms with Gasteiger partial charge in [-0.2, -0.15) is 0 Å². The van der Waals surface area contributed by atoms with E-state index in [1.165, 1.54) is 0 Å². The molecule has 2 N–H and O–H groups in total. The summed E-state index contributed by atoms with van der Waals surface area (Å²) in [6.45, 7) is 2.92. The van der Waals surface area contributed by atoms with Crippen LogP contribution in [-0.2, 0) is 13.1 Å². The Hall–Kier alpha value is -1.79. The van der Waals surface area contributed by atoms with Crippen LogP contribution in [0, 0.1) is 0 Å². The van der Waals surface area contributed by atoms with Crippen LogP contribution in [0.5, 0.6) is 0 Å². The van der Waals surface area contributed by atoms with Gasteiger partial charge in [0.15, 0.2) is 5.82 Å². The molecule has 0 saturated heterocycles. The summed E-state index contributed by atoms with van der Waals surface area (Å²) in [5, 5.41) is 1.14. The molecular weight excluding hydrogens is 282 g/mol. The van der Waals surface area contributed by atoms with E-state index in [2.05, 4.69) is 26.2 Å². The third-order valence-corrected chi connectivity index (χ3v) is 4.88. The maximum atomic E-state index is 6.13. The molecule has 0 atom stereocenters. The van der Waals surface area contributed by atoms with Crippen LogP contribution in [0.15, 0.2) is 24.3 Å². The van der Waals surface area contributed by atoms with Gasteiger partial charge in [0.2, 0.25) is 0 Å². The van der Waals surface area contributed by atoms with Crippen LogP contribution in [0.4, 0.5) is 5.82 Å². The van der Waals surface area contributed by atoms with E-state index in [1.54, 1.807) is 11.9 Å². The van der Waals surface area contributed by atoms with E-state index in [9.17, 15) is 0 Å². The summed E-state index contributed by atoms with van der Waals surface area (Å²) in [4.78, 5) is 9.27. The van der Waals surface area contributed by atoms with E-state index < -0.39 is 0 Å². The van der Waals surface area contributed by atoms with Crippen molar-refractivity contribution in [3.8, 4) is 0 Å². The van der Waals surface area contributed by atoms with Gasteiger partial charge in [0.05, 0.1) is 17.6 Å². The van der Waals surface area contributed by atoms with Crippen molar-refractivity contribution in [1.82, 2.24) is 18.8 Å². The first-order valence-electron chi connectivity index (χ1n) is 7.10. The summed E-state index contributed by atoms with van der Waals surface area (Å²) < 4.78 is 4.67. The van der Waals surface area contributed by atoms with Crippen LogP contribution in [0.25, 0.3) is 21.9 Å². The second-order valence-electron chi connectivity index (χ2n) is 5.29. The predicted octanol–water partition coefficient (Wildman–Crippen LogP) is 2.65. The lowest BCUT2D eigenvalue weighted by atomic mass is 10.2. The van der Waals surface area contributed by atoms with E-state index in [0.717, 1.165) is 53.8 Å². The first-order chi connectivity index (χ1) is 10.3. The second-order valence-corrected chi connectivity index (χ2v) is 6.17. The number of para-hydroxylation sites is 1. The van der Waals surface area contributed by atoms with Crippen molar-refractivity contribution in [2.45, 2.75) is 19.5 Å². The zero-order valence-corrected chi connectivity index (χ0v) is 12.7. The van der Waals surface area contributed by atoms with Crippen LogP contribution >= 0.6 is 11.9 Å². The SMILES string of the molecule is CSN1CCCn2c(nc3c(N)nc4ccccc4c32)C1. The monoisotopic (exact) mass is 299 g/mol. The molecule has 6 heteroatoms. The number of nitrogen functional groups attached to an aromatic ring is 1. The zero-order chi connectivity index (χ0) is 14.4. The van der Waals surface area contributed by atoms with Gasteiger partial charge in [-0.25, -0.2) is 14.3 Å². The van der Waals surface area contributed by atoms with Gasteiger partial charge >= 0.3 is 0 Å². The van der Waals surface area contributed by atoms with Gasteiger partial charge in [-0.1, -0.05) is 30.1 Å². The van der Waals surface area contributed by atoms with Crippen molar-refractivity contribution in [3.05, 3.63) is 30.1 Å². The normalized spacial score (nSPS) is 16.2. The van der Waals surface area contributed by atoms with Crippen LogP contribution in [0.3, 0.4) is 0 Å². The minimum atomic E-state index is 0.528. The topological polar surface area (TPSA) is 60.0 Å². The Morgan fingerprint density at radius 2 is 2.05 bits per heavy atom. The highest BCUT2D eigenvalue weighted by molar-refractivity contribution is 7.96. The standard InChI is InChI=1S/C15H17N5S/c1-21-19-7-4-8-20-12(9-19)18-13-14(20)10-5-2-3-6-11(10)17-15(13)16/h2-3,5-6H,4,7-9H2,1H3,(H2,16,17). The molecule has 5 nitrogen and oxygen atoms in total. The van der Waals surface area contributed by atoms with Crippen molar-refractivity contribution < 1.29 is 0 Å². The molecule has 1 aromatic carbocycles. The lowest BCUT2D eigenvalue weighted by Gasteiger charge is -2.14. The minimum Gasteiger partial charge on any atom is -0.382 e. The number of rotatable bonds is 1. The summed E-state index contributed by atoms with van der Waals surface area (Å²) in [5.74, 6) is 1.61. The fourth-order valence-corrected chi connectivity index (χ4v) is 3.62. The highest BCUT2D eigenvalue weighted by Gasteiger charge is 2.21. The zero-order valence-electron chi connectivity index (χ0n) is 11.9. The molecule has 0 aliphatic carbocycles. The number of nitrogens with zero attached hydrogens (tertiary/aromatic N) is 4. The van der Waals surface area contributed by atoms with Gasteiger partial charge in [0, 0.05) is 18.5 Å². The molecule has 1 aliphatic heterocycles. The summed E-state index contributed by atoms with van der Waals surface area (Å²) >= 11 is 1.77. The number of pyridine rings is 1. The number of anilines is 1. The van der Waals surface area contributed by atoms with Crippen molar-refractivity contribution in [3.63, 3.8) is 0 Å². The van der Waals surface area contributed by atoms with Crippen molar-refractivity contribution in [1.29, 1.82) is 0 Å². The number of imidazole rings is 1. The Labute approximate surface area is 127 Å². The number of aromatic nitrogens is 3. The largest absolute Gasteiger partial charge is 0.382 e. The molecule has 0 amide bonds. The first kappa shape index (κ1) is 12.9. The predicted molar refractivity (Wildman–Crippen MR) is 88.0 cm³/mol. The molecule has 0 fully saturated rings. The maximum Gasteiger partial charge on any atom is 0.152 e. The number of fused-ring (bicyclic) bond motifs is 5. The highest BCUT2D eigenvalue weighted by atomic mass is 32.2. The van der Waals surface area contributed by atoms with Gasteiger partial charge in [-0.15, -0.1) is 0 Å². The third-order valence-electron chi connectivity index (χ3n) is 4.05. The molecule has 0 radical (unpaired) electrons. The number of aryl methyl sites for hydroxylation is 1. The molecule has 108 valence electrons. The third kappa shape index (κ3) is 1.98. The molecule has 1 aliphatic rings. The van der Waals surface area contributed by atoms with Gasteiger partial charge in [0.1, 0.15) is 11.3 Å². The Kier molecular flexibility index (Phi) is 3.01. The average molecular weight is 299 g/mol. The summed E-state index contributed by atoms with van der Waals surface area (Å²) in [6, 6.07) is 8.16. The fourth-order valence-electron chi connectivity index (χ4n) is 3.06. The van der Waals surface area contributed by atoms with Crippen LogP contribution in [0.1, 0.15) is 12.2 Å². The highest BCUT2D eigenvalue weighted by Crippen LogP contribution is 2.30.